The van der Waals surface area contributed by atoms with Gasteiger partial charge in [-0.2, -0.15) is 0 Å². The fourth-order valence-electron chi connectivity index (χ4n) is 3.09. The molecule has 1 aliphatic rings. The summed E-state index contributed by atoms with van der Waals surface area (Å²) in [6.07, 6.45) is 3.81. The summed E-state index contributed by atoms with van der Waals surface area (Å²) in [5.41, 5.74) is 1.01. The molecular formula is C15H21BrFN. The summed E-state index contributed by atoms with van der Waals surface area (Å²) < 4.78 is 14.1. The number of hydrogen-bond acceptors (Lipinski definition) is 1. The van der Waals surface area contributed by atoms with Crippen LogP contribution in [-0.4, -0.2) is 6.04 Å². The Labute approximate surface area is 117 Å². The van der Waals surface area contributed by atoms with Crippen molar-refractivity contribution in [2.45, 2.75) is 45.7 Å². The second-order valence-electron chi connectivity index (χ2n) is 5.77. The molecule has 1 saturated carbocycles. The summed E-state index contributed by atoms with van der Waals surface area (Å²) in [5, 5.41) is 3.57. The molecular weight excluding hydrogens is 293 g/mol. The van der Waals surface area contributed by atoms with Crippen LogP contribution in [0.4, 0.5) is 4.39 Å². The second-order valence-corrected chi connectivity index (χ2v) is 6.69. The van der Waals surface area contributed by atoms with Gasteiger partial charge in [-0.05, 0) is 54.9 Å². The van der Waals surface area contributed by atoms with Crippen molar-refractivity contribution in [3.05, 3.63) is 34.1 Å². The molecule has 1 aliphatic carbocycles. The first-order chi connectivity index (χ1) is 8.52. The van der Waals surface area contributed by atoms with Crippen molar-refractivity contribution >= 4 is 15.9 Å². The van der Waals surface area contributed by atoms with Crippen LogP contribution in [0.5, 0.6) is 0 Å². The Hall–Kier alpha value is -0.410. The number of rotatable bonds is 3. The summed E-state index contributed by atoms with van der Waals surface area (Å²) >= 11 is 3.33. The average molecular weight is 314 g/mol. The van der Waals surface area contributed by atoms with E-state index in [1.807, 2.05) is 6.07 Å². The molecule has 0 aromatic heterocycles. The van der Waals surface area contributed by atoms with Gasteiger partial charge in [0, 0.05) is 17.1 Å². The fourth-order valence-corrected chi connectivity index (χ4v) is 3.60. The molecule has 0 heterocycles. The average Bonchev–Trinajstić information content (AvgIpc) is 2.23. The zero-order chi connectivity index (χ0) is 13.1. The van der Waals surface area contributed by atoms with Gasteiger partial charge in [0.1, 0.15) is 5.82 Å². The molecule has 1 aromatic rings. The molecule has 0 saturated heterocycles. The highest BCUT2D eigenvalue weighted by Crippen LogP contribution is 2.28. The summed E-state index contributed by atoms with van der Waals surface area (Å²) in [5.74, 6) is 1.42. The third-order valence-corrected chi connectivity index (χ3v) is 4.15. The van der Waals surface area contributed by atoms with Gasteiger partial charge in [-0.15, -0.1) is 0 Å². The van der Waals surface area contributed by atoms with Crippen molar-refractivity contribution in [3.8, 4) is 0 Å². The fraction of sp³-hybridized carbons (Fsp3) is 0.600. The van der Waals surface area contributed by atoms with Crippen LogP contribution in [0.3, 0.4) is 0 Å². The van der Waals surface area contributed by atoms with E-state index in [1.54, 1.807) is 6.07 Å². The van der Waals surface area contributed by atoms with Gasteiger partial charge in [0.05, 0.1) is 0 Å². The second kappa shape index (κ2) is 6.16. The van der Waals surface area contributed by atoms with E-state index in [1.165, 1.54) is 25.3 Å². The van der Waals surface area contributed by atoms with E-state index in [2.05, 4.69) is 35.1 Å². The normalized spacial score (nSPS) is 28.3. The molecule has 1 nitrogen and oxygen atoms in total. The van der Waals surface area contributed by atoms with Gasteiger partial charge in [0.2, 0.25) is 0 Å². The Bertz CT molecular complexity index is 377. The number of nitrogens with one attached hydrogen (secondary N) is 1. The molecule has 2 unspecified atom stereocenters. The van der Waals surface area contributed by atoms with Crippen molar-refractivity contribution in [2.75, 3.05) is 0 Å². The Morgan fingerprint density at radius 2 is 1.83 bits per heavy atom. The van der Waals surface area contributed by atoms with Gasteiger partial charge in [0.15, 0.2) is 0 Å². The molecule has 1 N–H and O–H groups in total. The minimum atomic E-state index is -0.174. The lowest BCUT2D eigenvalue weighted by atomic mass is 9.80. The lowest BCUT2D eigenvalue weighted by molar-refractivity contribution is 0.238. The summed E-state index contributed by atoms with van der Waals surface area (Å²) in [7, 11) is 0. The van der Waals surface area contributed by atoms with Gasteiger partial charge in [-0.3, -0.25) is 0 Å². The highest BCUT2D eigenvalue weighted by molar-refractivity contribution is 9.10. The molecule has 2 rings (SSSR count). The van der Waals surface area contributed by atoms with E-state index in [0.29, 0.717) is 6.04 Å². The van der Waals surface area contributed by atoms with Crippen molar-refractivity contribution in [3.63, 3.8) is 0 Å². The number of halogens is 2. The van der Waals surface area contributed by atoms with Crippen molar-refractivity contribution < 1.29 is 4.39 Å². The van der Waals surface area contributed by atoms with Gasteiger partial charge in [0.25, 0.3) is 0 Å². The van der Waals surface area contributed by atoms with E-state index in [4.69, 9.17) is 0 Å². The molecule has 3 heteroatoms. The molecule has 0 amide bonds. The van der Waals surface area contributed by atoms with Crippen molar-refractivity contribution in [1.82, 2.24) is 5.32 Å². The number of hydrogen-bond donors (Lipinski definition) is 1. The minimum absolute atomic E-state index is 0.174. The molecule has 1 aromatic carbocycles. The largest absolute Gasteiger partial charge is 0.310 e. The number of benzene rings is 1. The summed E-state index contributed by atoms with van der Waals surface area (Å²) in [4.78, 5) is 0. The smallest absolute Gasteiger partial charge is 0.124 e. The zero-order valence-electron chi connectivity index (χ0n) is 11.0. The first-order valence-corrected chi connectivity index (χ1v) is 7.50. The molecule has 0 bridgehead atoms. The lowest BCUT2D eigenvalue weighted by Gasteiger charge is -2.32. The lowest BCUT2D eigenvalue weighted by Crippen LogP contribution is -2.35. The first-order valence-electron chi connectivity index (χ1n) is 6.71. The van der Waals surface area contributed by atoms with Crippen LogP contribution < -0.4 is 5.32 Å². The van der Waals surface area contributed by atoms with Crippen LogP contribution in [0.2, 0.25) is 0 Å². The van der Waals surface area contributed by atoms with Crippen molar-refractivity contribution in [2.24, 2.45) is 11.8 Å². The summed E-state index contributed by atoms with van der Waals surface area (Å²) in [6, 6.07) is 5.65. The zero-order valence-corrected chi connectivity index (χ0v) is 12.6. The molecule has 1 fully saturated rings. The maximum absolute atomic E-state index is 13.3. The topological polar surface area (TPSA) is 12.0 Å². The monoisotopic (exact) mass is 313 g/mol. The molecule has 2 atom stereocenters. The first kappa shape index (κ1) is 14.0. The molecule has 100 valence electrons. The predicted molar refractivity (Wildman–Crippen MR) is 76.9 cm³/mol. The third-order valence-electron chi connectivity index (χ3n) is 3.70. The van der Waals surface area contributed by atoms with Crippen LogP contribution in [-0.2, 0) is 6.54 Å². The molecule has 0 spiro atoms. The Morgan fingerprint density at radius 3 is 2.44 bits per heavy atom. The Kier molecular flexibility index (Phi) is 4.79. The van der Waals surface area contributed by atoms with Crippen molar-refractivity contribution in [1.29, 1.82) is 0 Å². The van der Waals surface area contributed by atoms with Crippen LogP contribution >= 0.6 is 15.9 Å². The van der Waals surface area contributed by atoms with E-state index in [0.717, 1.165) is 28.4 Å². The summed E-state index contributed by atoms with van der Waals surface area (Å²) in [6.45, 7) is 5.40. The molecule has 0 radical (unpaired) electrons. The minimum Gasteiger partial charge on any atom is -0.310 e. The van der Waals surface area contributed by atoms with E-state index in [-0.39, 0.29) is 5.82 Å². The third kappa shape index (κ3) is 4.06. The molecule has 18 heavy (non-hydrogen) atoms. The Balaban J connectivity index is 1.90. The van der Waals surface area contributed by atoms with Gasteiger partial charge in [-0.25, -0.2) is 4.39 Å². The van der Waals surface area contributed by atoms with Gasteiger partial charge >= 0.3 is 0 Å². The van der Waals surface area contributed by atoms with E-state index in [9.17, 15) is 4.39 Å². The van der Waals surface area contributed by atoms with Gasteiger partial charge < -0.3 is 5.32 Å². The predicted octanol–water partition coefficient (Wildman–Crippen LogP) is 4.50. The van der Waals surface area contributed by atoms with Crippen LogP contribution in [0.15, 0.2) is 22.7 Å². The Morgan fingerprint density at radius 1 is 1.17 bits per heavy atom. The highest BCUT2D eigenvalue weighted by Gasteiger charge is 2.23. The maximum atomic E-state index is 13.3. The quantitative estimate of drug-likeness (QED) is 0.866. The van der Waals surface area contributed by atoms with Gasteiger partial charge in [-0.1, -0.05) is 29.8 Å². The van der Waals surface area contributed by atoms with Crippen LogP contribution in [0, 0.1) is 17.7 Å². The SMILES string of the molecule is CC1CC(C)CC(NCc2cc(F)cc(Br)c2)C1. The van der Waals surface area contributed by atoms with E-state index < -0.39 is 0 Å². The molecule has 0 aliphatic heterocycles. The standard InChI is InChI=1S/C15H21BrFN/c1-10-3-11(2)5-15(4-10)18-9-12-6-13(16)8-14(17)7-12/h6-8,10-11,15,18H,3-5,9H2,1-2H3. The van der Waals surface area contributed by atoms with E-state index >= 15 is 0 Å². The van der Waals surface area contributed by atoms with Crippen LogP contribution in [0.1, 0.15) is 38.7 Å². The van der Waals surface area contributed by atoms with Crippen LogP contribution in [0.25, 0.3) is 0 Å². The highest BCUT2D eigenvalue weighted by atomic mass is 79.9. The maximum Gasteiger partial charge on any atom is 0.124 e.